The zero-order chi connectivity index (χ0) is 17.1. The quantitative estimate of drug-likeness (QED) is 0.414. The summed E-state index contributed by atoms with van der Waals surface area (Å²) in [5, 5.41) is 40.6. The summed E-state index contributed by atoms with van der Waals surface area (Å²) in [5.74, 6) is -1.51. The predicted octanol–water partition coefficient (Wildman–Crippen LogP) is -1.46. The van der Waals surface area contributed by atoms with Crippen LogP contribution in [0, 0.1) is 0 Å². The molecule has 0 bridgehead atoms. The number of carbonyl (C=O) groups is 2. The third-order valence-corrected chi connectivity index (χ3v) is 3.24. The van der Waals surface area contributed by atoms with Gasteiger partial charge in [0.05, 0.1) is 0 Å². The molecule has 1 fully saturated rings. The maximum Gasteiger partial charge on any atom is 0.335 e. The number of carboxylic acids is 1. The summed E-state index contributed by atoms with van der Waals surface area (Å²) in [4.78, 5) is 21.9. The van der Waals surface area contributed by atoms with Crippen LogP contribution in [-0.2, 0) is 14.3 Å². The summed E-state index contributed by atoms with van der Waals surface area (Å²) < 4.78 is 10.3. The van der Waals surface area contributed by atoms with Crippen molar-refractivity contribution in [2.75, 3.05) is 5.32 Å². The van der Waals surface area contributed by atoms with Gasteiger partial charge in [-0.3, -0.25) is 4.79 Å². The number of amides is 1. The molecule has 1 saturated heterocycles. The minimum Gasteiger partial charge on any atom is -0.479 e. The first kappa shape index (κ1) is 20.8. The molecule has 0 spiro atoms. The summed E-state index contributed by atoms with van der Waals surface area (Å²) in [6.07, 6.45) is -8.33. The van der Waals surface area contributed by atoms with Crippen molar-refractivity contribution in [1.82, 2.24) is 0 Å². The number of aliphatic hydroxyl groups is 3. The average Bonchev–Trinajstić information content (AvgIpc) is 2.48. The first-order valence-electron chi connectivity index (χ1n) is 6.76. The molecule has 1 radical (unpaired) electrons. The zero-order valence-electron chi connectivity index (χ0n) is 13.1. The van der Waals surface area contributed by atoms with E-state index >= 15 is 0 Å². The minimum atomic E-state index is -1.77. The van der Waals surface area contributed by atoms with Crippen LogP contribution in [0.25, 0.3) is 0 Å². The summed E-state index contributed by atoms with van der Waals surface area (Å²) >= 11 is 0. The van der Waals surface area contributed by atoms with Crippen LogP contribution in [0.4, 0.5) is 5.69 Å². The van der Waals surface area contributed by atoms with E-state index in [1.807, 2.05) is 0 Å². The SMILES string of the molecule is CC(=O)Nc1ccc(OC2OC(C(=O)O)C(O)C(O)C2O)cc1.[Na]. The molecule has 5 N–H and O–H groups in total. The van der Waals surface area contributed by atoms with Gasteiger partial charge in [-0.25, -0.2) is 4.79 Å². The first-order chi connectivity index (χ1) is 10.8. The number of benzene rings is 1. The Labute approximate surface area is 159 Å². The van der Waals surface area contributed by atoms with Gasteiger partial charge in [-0.15, -0.1) is 0 Å². The monoisotopic (exact) mass is 350 g/mol. The Kier molecular flexibility index (Phi) is 7.61. The number of carbonyl (C=O) groups excluding carboxylic acids is 1. The number of hydrogen-bond donors (Lipinski definition) is 5. The van der Waals surface area contributed by atoms with Crippen LogP contribution in [0.3, 0.4) is 0 Å². The molecule has 5 unspecified atom stereocenters. The van der Waals surface area contributed by atoms with E-state index in [4.69, 9.17) is 14.6 Å². The number of carboxylic acid groups (broad SMARTS) is 1. The number of hydrogen-bond acceptors (Lipinski definition) is 7. The van der Waals surface area contributed by atoms with Crippen molar-refractivity contribution in [2.24, 2.45) is 0 Å². The van der Waals surface area contributed by atoms with Gasteiger partial charge in [-0.05, 0) is 24.3 Å². The molecule has 24 heavy (non-hydrogen) atoms. The van der Waals surface area contributed by atoms with Gasteiger partial charge in [-0.2, -0.15) is 0 Å². The Hall–Kier alpha value is -1.20. The second kappa shape index (κ2) is 8.77. The maximum absolute atomic E-state index is 11.0. The van der Waals surface area contributed by atoms with Gasteiger partial charge < -0.3 is 35.2 Å². The summed E-state index contributed by atoms with van der Waals surface area (Å²) in [5.41, 5.74) is 0.522. The van der Waals surface area contributed by atoms with Gasteiger partial charge in [0, 0.05) is 42.2 Å². The molecule has 127 valence electrons. The predicted molar refractivity (Wildman–Crippen MR) is 81.4 cm³/mol. The summed E-state index contributed by atoms with van der Waals surface area (Å²) in [7, 11) is 0. The fourth-order valence-electron chi connectivity index (χ4n) is 2.10. The largest absolute Gasteiger partial charge is 0.479 e. The smallest absolute Gasteiger partial charge is 0.335 e. The Morgan fingerprint density at radius 3 is 2.17 bits per heavy atom. The van der Waals surface area contributed by atoms with Crippen LogP contribution in [0.5, 0.6) is 5.75 Å². The molecule has 1 aromatic rings. The molecule has 0 saturated carbocycles. The second-order valence-electron chi connectivity index (χ2n) is 5.06. The van der Waals surface area contributed by atoms with Crippen LogP contribution in [0.1, 0.15) is 6.92 Å². The van der Waals surface area contributed by atoms with Gasteiger partial charge >= 0.3 is 5.97 Å². The van der Waals surface area contributed by atoms with E-state index in [1.54, 1.807) is 0 Å². The number of nitrogens with one attached hydrogen (secondary N) is 1. The molecular weight excluding hydrogens is 333 g/mol. The number of aliphatic hydroxyl groups excluding tert-OH is 3. The molecule has 1 aliphatic heterocycles. The minimum absolute atomic E-state index is 0. The van der Waals surface area contributed by atoms with Crippen molar-refractivity contribution in [3.8, 4) is 5.75 Å². The van der Waals surface area contributed by atoms with Crippen LogP contribution in [0.15, 0.2) is 24.3 Å². The van der Waals surface area contributed by atoms with E-state index in [0.717, 1.165) is 0 Å². The summed E-state index contributed by atoms with van der Waals surface area (Å²) in [6, 6.07) is 6.00. The van der Waals surface area contributed by atoms with Gasteiger partial charge in [0.1, 0.15) is 24.1 Å². The molecule has 1 aromatic carbocycles. The number of ether oxygens (including phenoxy) is 2. The third kappa shape index (κ3) is 4.90. The molecule has 1 heterocycles. The normalized spacial score (nSPS) is 29.2. The number of aliphatic carboxylic acids is 1. The molecule has 9 nitrogen and oxygen atoms in total. The first-order valence-corrected chi connectivity index (χ1v) is 6.76. The van der Waals surface area contributed by atoms with E-state index in [-0.39, 0.29) is 41.2 Å². The average molecular weight is 350 g/mol. The topological polar surface area (TPSA) is 146 Å². The fourth-order valence-corrected chi connectivity index (χ4v) is 2.10. The van der Waals surface area contributed by atoms with Crippen molar-refractivity contribution < 1.29 is 39.5 Å². The van der Waals surface area contributed by atoms with Gasteiger partial charge in [-0.1, -0.05) is 0 Å². The van der Waals surface area contributed by atoms with Crippen molar-refractivity contribution in [2.45, 2.75) is 37.6 Å². The van der Waals surface area contributed by atoms with E-state index in [2.05, 4.69) is 5.32 Å². The van der Waals surface area contributed by atoms with Crippen LogP contribution >= 0.6 is 0 Å². The Balaban J connectivity index is 0.00000288. The number of anilines is 1. The van der Waals surface area contributed by atoms with Crippen LogP contribution in [0.2, 0.25) is 0 Å². The fraction of sp³-hybridized carbons (Fsp3) is 0.429. The maximum atomic E-state index is 11.0. The molecule has 1 aliphatic rings. The van der Waals surface area contributed by atoms with Crippen LogP contribution in [-0.4, -0.2) is 92.6 Å². The Morgan fingerprint density at radius 2 is 1.67 bits per heavy atom. The molecule has 10 heteroatoms. The van der Waals surface area contributed by atoms with E-state index < -0.39 is 36.7 Å². The Bertz CT molecular complexity index is 581. The van der Waals surface area contributed by atoms with Gasteiger partial charge in [0.15, 0.2) is 6.10 Å². The molecule has 2 rings (SSSR count). The zero-order valence-corrected chi connectivity index (χ0v) is 15.1. The van der Waals surface area contributed by atoms with E-state index in [1.165, 1.54) is 31.2 Å². The standard InChI is InChI=1S/C14H17NO8.Na/c1-6(16)15-7-2-4-8(5-3-7)22-14-11(19)9(17)10(18)12(23-14)13(20)21;/h2-5,9-12,14,17-19H,1H3,(H,15,16)(H,20,21);. The molecule has 5 atom stereocenters. The van der Waals surface area contributed by atoms with Crippen molar-refractivity contribution in [3.05, 3.63) is 24.3 Å². The van der Waals surface area contributed by atoms with Crippen molar-refractivity contribution in [3.63, 3.8) is 0 Å². The Morgan fingerprint density at radius 1 is 1.08 bits per heavy atom. The van der Waals surface area contributed by atoms with Crippen molar-refractivity contribution >= 4 is 47.1 Å². The summed E-state index contributed by atoms with van der Waals surface area (Å²) in [6.45, 7) is 1.36. The van der Waals surface area contributed by atoms with Crippen molar-refractivity contribution in [1.29, 1.82) is 0 Å². The van der Waals surface area contributed by atoms with Crippen LogP contribution < -0.4 is 10.1 Å². The molecular formula is C14H17NNaO8. The molecule has 0 aliphatic carbocycles. The van der Waals surface area contributed by atoms with Gasteiger partial charge in [0.2, 0.25) is 12.2 Å². The second-order valence-corrected chi connectivity index (χ2v) is 5.06. The van der Waals surface area contributed by atoms with E-state index in [0.29, 0.717) is 5.69 Å². The third-order valence-electron chi connectivity index (χ3n) is 3.24. The molecule has 1 amide bonds. The van der Waals surface area contributed by atoms with E-state index in [9.17, 15) is 24.9 Å². The van der Waals surface area contributed by atoms with Gasteiger partial charge in [0.25, 0.3) is 0 Å². The number of rotatable bonds is 4. The molecule has 0 aromatic heterocycles.